The Balaban J connectivity index is 2.46. The van der Waals surface area contributed by atoms with Crippen LogP contribution in [0.5, 0.6) is 0 Å². The van der Waals surface area contributed by atoms with E-state index in [1.165, 1.54) is 0 Å². The van der Waals surface area contributed by atoms with Crippen molar-refractivity contribution in [2.45, 2.75) is 6.92 Å². The summed E-state index contributed by atoms with van der Waals surface area (Å²) in [4.78, 5) is 7.83. The maximum atomic E-state index is 5.44. The average Bonchev–Trinajstić information content (AvgIpc) is 2.52. The molecule has 4 nitrogen and oxygen atoms in total. The number of aromatic nitrogens is 2. The van der Waals surface area contributed by atoms with Crippen molar-refractivity contribution >= 4 is 5.95 Å². The third-order valence-electron chi connectivity index (χ3n) is 1.67. The van der Waals surface area contributed by atoms with Crippen LogP contribution in [0.1, 0.15) is 5.76 Å². The maximum Gasteiger partial charge on any atom is 0.220 e. The van der Waals surface area contributed by atoms with Crippen molar-refractivity contribution in [3.8, 4) is 11.5 Å². The molecule has 66 valence electrons. The summed E-state index contributed by atoms with van der Waals surface area (Å²) >= 11 is 0. The molecule has 0 spiro atoms. The summed E-state index contributed by atoms with van der Waals surface area (Å²) in [6.45, 7) is 1.88. The molecule has 2 N–H and O–H groups in total. The summed E-state index contributed by atoms with van der Waals surface area (Å²) in [5, 5.41) is 0. The van der Waals surface area contributed by atoms with Crippen molar-refractivity contribution < 1.29 is 4.42 Å². The van der Waals surface area contributed by atoms with E-state index in [0.29, 0.717) is 11.5 Å². The van der Waals surface area contributed by atoms with Crippen molar-refractivity contribution in [1.29, 1.82) is 0 Å². The smallest absolute Gasteiger partial charge is 0.220 e. The van der Waals surface area contributed by atoms with Gasteiger partial charge in [0.1, 0.15) is 11.5 Å². The van der Waals surface area contributed by atoms with Gasteiger partial charge in [-0.1, -0.05) is 0 Å². The Bertz CT molecular complexity index is 422. The van der Waals surface area contributed by atoms with Crippen molar-refractivity contribution in [3.63, 3.8) is 0 Å². The van der Waals surface area contributed by atoms with Gasteiger partial charge in [-0.05, 0) is 25.1 Å². The van der Waals surface area contributed by atoms with Gasteiger partial charge in [-0.2, -0.15) is 0 Å². The fourth-order valence-electron chi connectivity index (χ4n) is 1.08. The topological polar surface area (TPSA) is 64.9 Å². The number of anilines is 1. The minimum atomic E-state index is 0.256. The highest BCUT2D eigenvalue weighted by Gasteiger charge is 2.03. The van der Waals surface area contributed by atoms with Crippen LogP contribution in [0, 0.1) is 6.92 Å². The molecule has 2 rings (SSSR count). The van der Waals surface area contributed by atoms with E-state index in [0.717, 1.165) is 5.76 Å². The third-order valence-corrected chi connectivity index (χ3v) is 1.67. The molecule has 0 aliphatic heterocycles. The molecule has 13 heavy (non-hydrogen) atoms. The van der Waals surface area contributed by atoms with Gasteiger partial charge in [0.05, 0.1) is 0 Å². The summed E-state index contributed by atoms with van der Waals surface area (Å²) in [6, 6.07) is 5.50. The lowest BCUT2D eigenvalue weighted by molar-refractivity contribution is 0.546. The summed E-state index contributed by atoms with van der Waals surface area (Å²) in [7, 11) is 0. The Labute approximate surface area is 75.4 Å². The first-order valence-corrected chi connectivity index (χ1v) is 3.91. The average molecular weight is 175 g/mol. The molecule has 0 aliphatic rings. The lowest BCUT2D eigenvalue weighted by atomic mass is 10.3. The van der Waals surface area contributed by atoms with Gasteiger partial charge in [-0.3, -0.25) is 0 Å². The summed E-state index contributed by atoms with van der Waals surface area (Å²) < 4.78 is 5.38. The molecule has 0 saturated carbocycles. The summed E-state index contributed by atoms with van der Waals surface area (Å²) in [6.07, 6.45) is 1.61. The molecule has 0 unspecified atom stereocenters. The van der Waals surface area contributed by atoms with E-state index >= 15 is 0 Å². The fourth-order valence-corrected chi connectivity index (χ4v) is 1.08. The second-order valence-corrected chi connectivity index (χ2v) is 2.71. The molecule has 0 saturated heterocycles. The van der Waals surface area contributed by atoms with Gasteiger partial charge >= 0.3 is 0 Å². The molecule has 0 bridgehead atoms. The van der Waals surface area contributed by atoms with E-state index < -0.39 is 0 Å². The van der Waals surface area contributed by atoms with Crippen LogP contribution in [0.3, 0.4) is 0 Å². The van der Waals surface area contributed by atoms with Gasteiger partial charge in [-0.15, -0.1) is 0 Å². The van der Waals surface area contributed by atoms with Crippen molar-refractivity contribution in [3.05, 3.63) is 30.2 Å². The zero-order valence-electron chi connectivity index (χ0n) is 7.19. The Hall–Kier alpha value is -1.84. The number of rotatable bonds is 1. The van der Waals surface area contributed by atoms with Crippen LogP contribution in [0.4, 0.5) is 5.95 Å². The molecule has 0 fully saturated rings. The number of hydrogen-bond donors (Lipinski definition) is 1. The maximum absolute atomic E-state index is 5.44. The number of aryl methyl sites for hydroxylation is 1. The van der Waals surface area contributed by atoms with E-state index in [1.54, 1.807) is 12.3 Å². The second-order valence-electron chi connectivity index (χ2n) is 2.71. The van der Waals surface area contributed by atoms with Crippen LogP contribution in [0.15, 0.2) is 28.8 Å². The third kappa shape index (κ3) is 1.51. The quantitative estimate of drug-likeness (QED) is 0.715. The van der Waals surface area contributed by atoms with Gasteiger partial charge in [0.25, 0.3) is 0 Å². The number of furan rings is 1. The highest BCUT2D eigenvalue weighted by atomic mass is 16.3. The van der Waals surface area contributed by atoms with E-state index in [-0.39, 0.29) is 5.95 Å². The van der Waals surface area contributed by atoms with Crippen LogP contribution in [-0.4, -0.2) is 9.97 Å². The lowest BCUT2D eigenvalue weighted by Crippen LogP contribution is -1.94. The zero-order chi connectivity index (χ0) is 9.26. The highest BCUT2D eigenvalue weighted by molar-refractivity contribution is 5.52. The van der Waals surface area contributed by atoms with Crippen LogP contribution < -0.4 is 5.73 Å². The number of nitrogens with zero attached hydrogens (tertiary/aromatic N) is 2. The number of hydrogen-bond acceptors (Lipinski definition) is 4. The largest absolute Gasteiger partial charge is 0.460 e. The molecule has 0 aromatic carbocycles. The molecule has 2 aromatic rings. The molecule has 4 heteroatoms. The second kappa shape index (κ2) is 2.90. The first-order valence-electron chi connectivity index (χ1n) is 3.91. The van der Waals surface area contributed by atoms with Crippen molar-refractivity contribution in [2.75, 3.05) is 5.73 Å². The fraction of sp³-hybridized carbons (Fsp3) is 0.111. The molecule has 2 aromatic heterocycles. The predicted molar refractivity (Wildman–Crippen MR) is 48.9 cm³/mol. The van der Waals surface area contributed by atoms with Crippen LogP contribution in [0.2, 0.25) is 0 Å². The molecule has 0 aliphatic carbocycles. The number of nitrogen functional groups attached to an aromatic ring is 1. The monoisotopic (exact) mass is 175 g/mol. The minimum Gasteiger partial charge on any atom is -0.460 e. The molecule has 0 radical (unpaired) electrons. The summed E-state index contributed by atoms with van der Waals surface area (Å²) in [5.74, 6) is 1.82. The molecular formula is C9H9N3O. The van der Waals surface area contributed by atoms with Gasteiger partial charge in [0.15, 0.2) is 5.76 Å². The van der Waals surface area contributed by atoms with Gasteiger partial charge in [0.2, 0.25) is 5.95 Å². The highest BCUT2D eigenvalue weighted by Crippen LogP contribution is 2.19. The number of nitrogens with two attached hydrogens (primary N) is 1. The SMILES string of the molecule is Cc1ccc(-c2ccnc(N)n2)o1. The Morgan fingerprint density at radius 3 is 2.77 bits per heavy atom. The standard InChI is InChI=1S/C9H9N3O/c1-6-2-3-8(13-6)7-4-5-11-9(10)12-7/h2-5H,1H3,(H2,10,11,12). The van der Waals surface area contributed by atoms with Gasteiger partial charge in [-0.25, -0.2) is 9.97 Å². The van der Waals surface area contributed by atoms with Crippen LogP contribution in [-0.2, 0) is 0 Å². The van der Waals surface area contributed by atoms with Crippen molar-refractivity contribution in [1.82, 2.24) is 9.97 Å². The lowest BCUT2D eigenvalue weighted by Gasteiger charge is -1.95. The molecule has 0 atom stereocenters. The van der Waals surface area contributed by atoms with Crippen molar-refractivity contribution in [2.24, 2.45) is 0 Å². The van der Waals surface area contributed by atoms with Crippen LogP contribution >= 0.6 is 0 Å². The summed E-state index contributed by atoms with van der Waals surface area (Å²) in [5.41, 5.74) is 6.15. The van der Waals surface area contributed by atoms with Crippen LogP contribution in [0.25, 0.3) is 11.5 Å². The molecule has 2 heterocycles. The molecular weight excluding hydrogens is 166 g/mol. The Morgan fingerprint density at radius 2 is 2.15 bits per heavy atom. The Morgan fingerprint density at radius 1 is 1.31 bits per heavy atom. The van der Waals surface area contributed by atoms with E-state index in [2.05, 4.69) is 9.97 Å². The minimum absolute atomic E-state index is 0.256. The first kappa shape index (κ1) is 7.79. The predicted octanol–water partition coefficient (Wildman–Crippen LogP) is 1.63. The Kier molecular flexibility index (Phi) is 1.73. The normalized spacial score (nSPS) is 10.2. The molecule has 0 amide bonds. The van der Waals surface area contributed by atoms with E-state index in [1.807, 2.05) is 19.1 Å². The zero-order valence-corrected chi connectivity index (χ0v) is 7.19. The van der Waals surface area contributed by atoms with Gasteiger partial charge < -0.3 is 10.2 Å². The van der Waals surface area contributed by atoms with E-state index in [9.17, 15) is 0 Å². The van der Waals surface area contributed by atoms with E-state index in [4.69, 9.17) is 10.2 Å². The first-order chi connectivity index (χ1) is 6.25. The van der Waals surface area contributed by atoms with Gasteiger partial charge in [0, 0.05) is 6.20 Å².